The first-order chi connectivity index (χ1) is 15.5. The summed E-state index contributed by atoms with van der Waals surface area (Å²) in [6.07, 6.45) is -2.05. The normalized spacial score (nSPS) is 19.4. The molecule has 33 heavy (non-hydrogen) atoms. The number of halogens is 4. The highest BCUT2D eigenvalue weighted by molar-refractivity contribution is 7.81. The third-order valence-electron chi connectivity index (χ3n) is 5.99. The number of hydrogen-bond donors (Lipinski definition) is 2. The Kier molecular flexibility index (Phi) is 5.70. The van der Waals surface area contributed by atoms with Crippen molar-refractivity contribution in [3.8, 4) is 6.07 Å². The molecule has 1 atom stereocenters. The number of benzene rings is 1. The molecule has 7 nitrogen and oxygen atoms in total. The van der Waals surface area contributed by atoms with Gasteiger partial charge < -0.3 is 10.2 Å². The number of carbonyl (C=O) groups is 2. The number of anilines is 2. The minimum atomic E-state index is -4.82. The summed E-state index contributed by atoms with van der Waals surface area (Å²) in [5.41, 5.74) is -3.34. The lowest BCUT2D eigenvalue weighted by Crippen LogP contribution is -2.55. The largest absolute Gasteiger partial charge is 0.419 e. The zero-order chi connectivity index (χ0) is 24.1. The van der Waals surface area contributed by atoms with Gasteiger partial charge in [0.25, 0.3) is 11.8 Å². The summed E-state index contributed by atoms with van der Waals surface area (Å²) in [4.78, 5) is 31.9. The Hall–Kier alpha value is -2.97. The zero-order valence-electron chi connectivity index (χ0n) is 17.1. The van der Waals surface area contributed by atoms with E-state index < -0.39 is 34.4 Å². The molecule has 1 unspecified atom stereocenters. The number of rotatable bonds is 3. The van der Waals surface area contributed by atoms with Crippen LogP contribution in [-0.2, 0) is 11.0 Å². The molecule has 1 saturated carbocycles. The van der Waals surface area contributed by atoms with Crippen LogP contribution < -0.4 is 15.1 Å². The first-order valence-electron chi connectivity index (χ1n) is 9.85. The first-order valence-corrected chi connectivity index (χ1v) is 10.7. The SMILES string of the molecule is CNC(=O)c1ccc(N2C(S)N(c3cnc(C#N)c(C(F)(F)F)c3)C(=O)C23CCC3)cc1Cl. The van der Waals surface area contributed by atoms with Gasteiger partial charge in [0.2, 0.25) is 0 Å². The Morgan fingerprint density at radius 2 is 2.03 bits per heavy atom. The quantitative estimate of drug-likeness (QED) is 0.629. The van der Waals surface area contributed by atoms with Crippen molar-refractivity contribution in [3.05, 3.63) is 52.3 Å². The van der Waals surface area contributed by atoms with Crippen molar-refractivity contribution in [2.24, 2.45) is 0 Å². The average Bonchev–Trinajstić information content (AvgIpc) is 2.98. The first kappa shape index (κ1) is 23.2. The number of nitriles is 1. The van der Waals surface area contributed by atoms with Crippen LogP contribution in [0.25, 0.3) is 0 Å². The predicted octanol–water partition coefficient (Wildman–Crippen LogP) is 3.97. The van der Waals surface area contributed by atoms with Crippen molar-refractivity contribution < 1.29 is 22.8 Å². The average molecular weight is 496 g/mol. The summed E-state index contributed by atoms with van der Waals surface area (Å²) in [5.74, 6) is -0.797. The van der Waals surface area contributed by atoms with E-state index >= 15 is 0 Å². The Balaban J connectivity index is 1.79. The summed E-state index contributed by atoms with van der Waals surface area (Å²) >= 11 is 10.9. The van der Waals surface area contributed by atoms with Gasteiger partial charge in [-0.1, -0.05) is 11.6 Å². The maximum absolute atomic E-state index is 13.5. The van der Waals surface area contributed by atoms with E-state index in [1.54, 1.807) is 11.0 Å². The molecular formula is C21H17ClF3N5O2S. The van der Waals surface area contributed by atoms with Crippen LogP contribution in [0.1, 0.15) is 40.9 Å². The van der Waals surface area contributed by atoms with Crippen LogP contribution in [0.2, 0.25) is 5.02 Å². The van der Waals surface area contributed by atoms with Crippen LogP contribution >= 0.6 is 24.2 Å². The maximum Gasteiger partial charge on any atom is 0.419 e. The Morgan fingerprint density at radius 1 is 1.33 bits per heavy atom. The summed E-state index contributed by atoms with van der Waals surface area (Å²) in [5, 5.41) is 11.7. The fraction of sp³-hybridized carbons (Fsp3) is 0.333. The third kappa shape index (κ3) is 3.57. The topological polar surface area (TPSA) is 89.3 Å². The lowest BCUT2D eigenvalue weighted by molar-refractivity contribution is -0.138. The van der Waals surface area contributed by atoms with Gasteiger partial charge in [-0.25, -0.2) is 4.98 Å². The number of carbonyl (C=O) groups excluding carboxylic acids is 2. The molecule has 1 aromatic heterocycles. The molecule has 1 spiro atoms. The van der Waals surface area contributed by atoms with E-state index in [0.717, 1.165) is 23.6 Å². The van der Waals surface area contributed by atoms with Crippen molar-refractivity contribution in [2.75, 3.05) is 16.8 Å². The standard InChI is InChI=1S/C21H17ClF3N5O2S/c1-27-17(31)13-4-3-11(8-15(13)22)30-19(33)29(18(32)20(30)5-2-6-20)12-7-14(21(23,24)25)16(9-26)28-10-12/h3-4,7-8,10,19,33H,2,5-6H2,1H3,(H,27,31). The molecule has 1 aliphatic heterocycles. The lowest BCUT2D eigenvalue weighted by Gasteiger charge is -2.44. The molecule has 2 amide bonds. The molecule has 1 aromatic carbocycles. The van der Waals surface area contributed by atoms with Crippen LogP contribution in [0.3, 0.4) is 0 Å². The van der Waals surface area contributed by atoms with Crippen molar-refractivity contribution in [3.63, 3.8) is 0 Å². The molecule has 2 fully saturated rings. The monoisotopic (exact) mass is 495 g/mol. The highest BCUT2D eigenvalue weighted by Crippen LogP contribution is 2.50. The molecule has 2 heterocycles. The maximum atomic E-state index is 13.5. The lowest BCUT2D eigenvalue weighted by atomic mass is 9.75. The van der Waals surface area contributed by atoms with Crippen LogP contribution in [-0.4, -0.2) is 34.9 Å². The second-order valence-corrected chi connectivity index (χ2v) is 8.59. The number of thiol groups is 1. The second-order valence-electron chi connectivity index (χ2n) is 7.72. The van der Waals surface area contributed by atoms with E-state index in [1.165, 1.54) is 25.2 Å². The molecule has 2 aromatic rings. The van der Waals surface area contributed by atoms with Gasteiger partial charge in [0.1, 0.15) is 11.6 Å². The van der Waals surface area contributed by atoms with Gasteiger partial charge in [-0.05, 0) is 43.5 Å². The van der Waals surface area contributed by atoms with Gasteiger partial charge in [-0.2, -0.15) is 18.4 Å². The Labute approximate surface area is 197 Å². The van der Waals surface area contributed by atoms with E-state index in [9.17, 15) is 22.8 Å². The van der Waals surface area contributed by atoms with Crippen molar-refractivity contribution in [1.82, 2.24) is 10.3 Å². The number of hydrogen-bond acceptors (Lipinski definition) is 6. The summed E-state index contributed by atoms with van der Waals surface area (Å²) in [7, 11) is 1.47. The van der Waals surface area contributed by atoms with Gasteiger partial charge in [0.05, 0.1) is 28.0 Å². The molecule has 1 saturated heterocycles. The Bertz CT molecular complexity index is 1200. The van der Waals surface area contributed by atoms with Crippen LogP contribution in [0.4, 0.5) is 24.5 Å². The number of pyridine rings is 1. The fourth-order valence-corrected chi connectivity index (χ4v) is 5.08. The van der Waals surface area contributed by atoms with Gasteiger partial charge in [-0.15, -0.1) is 12.6 Å². The van der Waals surface area contributed by atoms with Gasteiger partial charge in [0.15, 0.2) is 11.2 Å². The van der Waals surface area contributed by atoms with E-state index in [2.05, 4.69) is 22.9 Å². The van der Waals surface area contributed by atoms with E-state index in [4.69, 9.17) is 16.9 Å². The number of alkyl halides is 3. The highest BCUT2D eigenvalue weighted by Gasteiger charge is 2.60. The molecule has 1 aliphatic carbocycles. The summed E-state index contributed by atoms with van der Waals surface area (Å²) < 4.78 is 40.4. The van der Waals surface area contributed by atoms with Crippen LogP contribution in [0.15, 0.2) is 30.5 Å². The molecular weight excluding hydrogens is 479 g/mol. The van der Waals surface area contributed by atoms with Crippen LogP contribution in [0.5, 0.6) is 0 Å². The summed E-state index contributed by atoms with van der Waals surface area (Å²) in [6, 6.07) is 6.84. The number of amides is 2. The van der Waals surface area contributed by atoms with Crippen molar-refractivity contribution in [2.45, 2.75) is 36.5 Å². The minimum absolute atomic E-state index is 0.117. The van der Waals surface area contributed by atoms with E-state index in [0.29, 0.717) is 18.5 Å². The number of aromatic nitrogens is 1. The van der Waals surface area contributed by atoms with E-state index in [1.807, 2.05) is 0 Å². The molecule has 0 bridgehead atoms. The van der Waals surface area contributed by atoms with Gasteiger partial charge in [0, 0.05) is 12.7 Å². The Morgan fingerprint density at radius 3 is 2.55 bits per heavy atom. The molecule has 2 aliphatic rings. The minimum Gasteiger partial charge on any atom is -0.355 e. The third-order valence-corrected chi connectivity index (χ3v) is 6.76. The highest BCUT2D eigenvalue weighted by atomic mass is 35.5. The molecule has 12 heteroatoms. The molecule has 1 N–H and O–H groups in total. The van der Waals surface area contributed by atoms with Gasteiger partial charge >= 0.3 is 6.18 Å². The number of nitrogens with one attached hydrogen (secondary N) is 1. The second kappa shape index (κ2) is 8.11. The molecule has 172 valence electrons. The number of nitrogens with zero attached hydrogens (tertiary/aromatic N) is 4. The van der Waals surface area contributed by atoms with Crippen molar-refractivity contribution >= 4 is 47.4 Å². The smallest absolute Gasteiger partial charge is 0.355 e. The molecule has 4 rings (SSSR count). The zero-order valence-corrected chi connectivity index (χ0v) is 18.8. The summed E-state index contributed by atoms with van der Waals surface area (Å²) in [6.45, 7) is 0. The van der Waals surface area contributed by atoms with Crippen LogP contribution in [0, 0.1) is 11.3 Å². The fourth-order valence-electron chi connectivity index (χ4n) is 4.23. The van der Waals surface area contributed by atoms with E-state index in [-0.39, 0.29) is 22.2 Å². The van der Waals surface area contributed by atoms with Crippen molar-refractivity contribution in [1.29, 1.82) is 5.26 Å². The van der Waals surface area contributed by atoms with Gasteiger partial charge in [-0.3, -0.25) is 14.5 Å². The predicted molar refractivity (Wildman–Crippen MR) is 118 cm³/mol. The molecule has 0 radical (unpaired) electrons.